The molecule has 0 atom stereocenters. The zero-order valence-electron chi connectivity index (χ0n) is 15.5. The van der Waals surface area contributed by atoms with Crippen LogP contribution in [0.25, 0.3) is 0 Å². The number of hydrazine groups is 1. The van der Waals surface area contributed by atoms with Gasteiger partial charge in [-0.2, -0.15) is 4.98 Å². The topological polar surface area (TPSA) is 119 Å². The summed E-state index contributed by atoms with van der Waals surface area (Å²) in [6.45, 7) is 3.84. The Balaban J connectivity index is 1.83. The molecule has 0 radical (unpaired) electrons. The van der Waals surface area contributed by atoms with Crippen LogP contribution in [-0.4, -0.2) is 20.8 Å². The molecule has 1 heterocycles. The van der Waals surface area contributed by atoms with Gasteiger partial charge in [0.25, 0.3) is 5.91 Å². The molecule has 10 heteroatoms. The van der Waals surface area contributed by atoms with Crippen LogP contribution >= 0.6 is 11.6 Å². The lowest BCUT2D eigenvalue weighted by Gasteiger charge is -2.11. The number of anilines is 1. The molecule has 1 amide bonds. The second kappa shape index (κ2) is 8.53. The quantitative estimate of drug-likeness (QED) is 0.459. The van der Waals surface area contributed by atoms with Crippen molar-refractivity contribution in [2.24, 2.45) is 0 Å². The number of aryl methyl sites for hydroxylation is 2. The van der Waals surface area contributed by atoms with Crippen LogP contribution in [0.5, 0.6) is 11.6 Å². The summed E-state index contributed by atoms with van der Waals surface area (Å²) in [5.41, 5.74) is 6.57. The van der Waals surface area contributed by atoms with Crippen LogP contribution in [0.2, 0.25) is 5.02 Å². The van der Waals surface area contributed by atoms with Crippen molar-refractivity contribution >= 4 is 29.0 Å². The zero-order chi connectivity index (χ0) is 21.0. The van der Waals surface area contributed by atoms with Crippen LogP contribution in [0.15, 0.2) is 48.8 Å². The molecule has 3 rings (SSSR count). The molecule has 0 unspecified atom stereocenters. The summed E-state index contributed by atoms with van der Waals surface area (Å²) in [6.07, 6.45) is 1.09. The number of nitrogens with zero attached hydrogens (tertiary/aromatic N) is 3. The average molecular weight is 414 g/mol. The minimum Gasteiger partial charge on any atom is -0.434 e. The van der Waals surface area contributed by atoms with Gasteiger partial charge < -0.3 is 4.74 Å². The number of hydrogen-bond donors (Lipinski definition) is 2. The van der Waals surface area contributed by atoms with E-state index in [0.29, 0.717) is 10.8 Å². The third-order valence-electron chi connectivity index (χ3n) is 4.05. The fraction of sp³-hybridized carbons (Fsp3) is 0.105. The van der Waals surface area contributed by atoms with Crippen molar-refractivity contribution in [2.75, 3.05) is 5.43 Å². The Morgan fingerprint density at radius 3 is 2.62 bits per heavy atom. The predicted octanol–water partition coefficient (Wildman–Crippen LogP) is 4.20. The Morgan fingerprint density at radius 1 is 1.14 bits per heavy atom. The normalized spacial score (nSPS) is 10.3. The van der Waals surface area contributed by atoms with Crippen molar-refractivity contribution in [3.63, 3.8) is 0 Å². The third-order valence-corrected chi connectivity index (χ3v) is 4.28. The van der Waals surface area contributed by atoms with E-state index in [4.69, 9.17) is 16.3 Å². The maximum atomic E-state index is 12.2. The lowest BCUT2D eigenvalue weighted by molar-refractivity contribution is -0.385. The standard InChI is InChI=1S/C19H16ClN5O4/c1-11-6-7-15(8-12(11)2)29-19-16(25(27)28)17(21-10-22-19)23-24-18(26)13-4-3-5-14(20)9-13/h3-10H,1-2H3,(H,24,26)(H,21,22,23). The van der Waals surface area contributed by atoms with E-state index >= 15 is 0 Å². The molecule has 0 aliphatic rings. The number of halogens is 1. The summed E-state index contributed by atoms with van der Waals surface area (Å²) >= 11 is 5.86. The van der Waals surface area contributed by atoms with E-state index in [-0.39, 0.29) is 17.3 Å². The lowest BCUT2D eigenvalue weighted by atomic mass is 10.1. The number of aromatic nitrogens is 2. The Morgan fingerprint density at radius 2 is 1.93 bits per heavy atom. The van der Waals surface area contributed by atoms with Crippen LogP contribution in [0.4, 0.5) is 11.5 Å². The van der Waals surface area contributed by atoms with Crippen molar-refractivity contribution in [3.8, 4) is 11.6 Å². The van der Waals surface area contributed by atoms with Gasteiger partial charge in [0, 0.05) is 10.6 Å². The van der Waals surface area contributed by atoms with Gasteiger partial charge in [0.2, 0.25) is 5.82 Å². The highest BCUT2D eigenvalue weighted by Crippen LogP contribution is 2.34. The van der Waals surface area contributed by atoms with Crippen molar-refractivity contribution in [1.82, 2.24) is 15.4 Å². The highest BCUT2D eigenvalue weighted by atomic mass is 35.5. The van der Waals surface area contributed by atoms with Gasteiger partial charge in [-0.3, -0.25) is 25.8 Å². The summed E-state index contributed by atoms with van der Waals surface area (Å²) in [6, 6.07) is 11.5. The van der Waals surface area contributed by atoms with Crippen molar-refractivity contribution < 1.29 is 14.5 Å². The second-order valence-electron chi connectivity index (χ2n) is 6.07. The number of carbonyl (C=O) groups is 1. The maximum Gasteiger partial charge on any atom is 0.374 e. The number of rotatable bonds is 6. The molecule has 0 aliphatic carbocycles. The Bertz CT molecular complexity index is 1090. The predicted molar refractivity (Wildman–Crippen MR) is 107 cm³/mol. The van der Waals surface area contributed by atoms with Gasteiger partial charge in [-0.15, -0.1) is 0 Å². The number of nitro groups is 1. The SMILES string of the molecule is Cc1ccc(Oc2ncnc(NNC(=O)c3cccc(Cl)c3)c2[N+](=O)[O-])cc1C. The highest BCUT2D eigenvalue weighted by molar-refractivity contribution is 6.30. The molecule has 0 saturated carbocycles. The van der Waals surface area contributed by atoms with Crippen molar-refractivity contribution in [3.05, 3.63) is 80.6 Å². The smallest absolute Gasteiger partial charge is 0.374 e. The minimum absolute atomic E-state index is 0.223. The van der Waals surface area contributed by atoms with E-state index in [1.165, 1.54) is 6.07 Å². The Labute approximate surface area is 170 Å². The molecular weight excluding hydrogens is 398 g/mol. The van der Waals surface area contributed by atoms with Crippen LogP contribution in [0.1, 0.15) is 21.5 Å². The van der Waals surface area contributed by atoms with Gasteiger partial charge >= 0.3 is 11.6 Å². The van der Waals surface area contributed by atoms with E-state index in [9.17, 15) is 14.9 Å². The molecule has 2 aromatic carbocycles. The van der Waals surface area contributed by atoms with Crippen LogP contribution in [0.3, 0.4) is 0 Å². The molecule has 9 nitrogen and oxygen atoms in total. The van der Waals surface area contributed by atoms with Gasteiger partial charge in [-0.25, -0.2) is 4.98 Å². The first-order chi connectivity index (χ1) is 13.8. The van der Waals surface area contributed by atoms with Crippen molar-refractivity contribution in [1.29, 1.82) is 0 Å². The molecule has 0 fully saturated rings. The number of benzene rings is 2. The van der Waals surface area contributed by atoms with E-state index < -0.39 is 16.5 Å². The molecule has 0 spiro atoms. The first-order valence-electron chi connectivity index (χ1n) is 8.41. The van der Waals surface area contributed by atoms with Crippen LogP contribution in [0, 0.1) is 24.0 Å². The number of carbonyl (C=O) groups excluding carboxylic acids is 1. The summed E-state index contributed by atoms with van der Waals surface area (Å²) < 4.78 is 5.59. The summed E-state index contributed by atoms with van der Waals surface area (Å²) in [7, 11) is 0. The first kappa shape index (κ1) is 20.0. The first-order valence-corrected chi connectivity index (χ1v) is 8.79. The highest BCUT2D eigenvalue weighted by Gasteiger charge is 2.25. The number of nitrogens with one attached hydrogen (secondary N) is 2. The van der Waals surface area contributed by atoms with Gasteiger partial charge in [-0.1, -0.05) is 23.7 Å². The molecule has 0 aliphatic heterocycles. The van der Waals surface area contributed by atoms with Gasteiger partial charge in [0.15, 0.2) is 0 Å². The van der Waals surface area contributed by atoms with E-state index in [1.807, 2.05) is 19.9 Å². The largest absolute Gasteiger partial charge is 0.434 e. The number of amides is 1. The van der Waals surface area contributed by atoms with E-state index in [2.05, 4.69) is 20.8 Å². The lowest BCUT2D eigenvalue weighted by Crippen LogP contribution is -2.30. The monoisotopic (exact) mass is 413 g/mol. The van der Waals surface area contributed by atoms with Crippen molar-refractivity contribution in [2.45, 2.75) is 13.8 Å². The molecule has 1 aromatic heterocycles. The van der Waals surface area contributed by atoms with E-state index in [1.54, 1.807) is 30.3 Å². The summed E-state index contributed by atoms with van der Waals surface area (Å²) in [4.78, 5) is 30.8. The number of ether oxygens (including phenoxy) is 1. The zero-order valence-corrected chi connectivity index (χ0v) is 16.2. The molecule has 3 aromatic rings. The average Bonchev–Trinajstić information content (AvgIpc) is 2.68. The summed E-state index contributed by atoms with van der Waals surface area (Å²) in [5.74, 6) is -0.632. The molecule has 2 N–H and O–H groups in total. The van der Waals surface area contributed by atoms with Gasteiger partial charge in [-0.05, 0) is 55.3 Å². The molecule has 29 heavy (non-hydrogen) atoms. The summed E-state index contributed by atoms with van der Waals surface area (Å²) in [5, 5.41) is 12.0. The van der Waals surface area contributed by atoms with E-state index in [0.717, 1.165) is 17.5 Å². The fourth-order valence-corrected chi connectivity index (χ4v) is 2.59. The Kier molecular flexibility index (Phi) is 5.89. The van der Waals surface area contributed by atoms with Crippen LogP contribution < -0.4 is 15.6 Å². The Hall–Kier alpha value is -3.72. The van der Waals surface area contributed by atoms with Crippen LogP contribution in [-0.2, 0) is 0 Å². The second-order valence-corrected chi connectivity index (χ2v) is 6.51. The van der Waals surface area contributed by atoms with Gasteiger partial charge in [0.1, 0.15) is 12.1 Å². The maximum absolute atomic E-state index is 12.2. The fourth-order valence-electron chi connectivity index (χ4n) is 2.40. The molecule has 0 bridgehead atoms. The van der Waals surface area contributed by atoms with Gasteiger partial charge in [0.05, 0.1) is 4.92 Å². The molecule has 148 valence electrons. The molecule has 0 saturated heterocycles. The number of hydrogen-bond acceptors (Lipinski definition) is 7. The third kappa shape index (κ3) is 4.77. The minimum atomic E-state index is -0.690. The molecular formula is C19H16ClN5O4.